The summed E-state index contributed by atoms with van der Waals surface area (Å²) in [5.41, 5.74) is 0.953. The molecule has 2 N–H and O–H groups in total. The molecule has 2 rings (SSSR count). The van der Waals surface area contributed by atoms with Gasteiger partial charge in [0, 0.05) is 30.9 Å². The summed E-state index contributed by atoms with van der Waals surface area (Å²) in [6.45, 7) is 5.61. The van der Waals surface area contributed by atoms with Crippen LogP contribution in [0.1, 0.15) is 25.5 Å². The average molecular weight is 236 g/mol. The number of aromatic nitrogens is 2. The summed E-state index contributed by atoms with van der Waals surface area (Å²) in [5.74, 6) is 1.59. The summed E-state index contributed by atoms with van der Waals surface area (Å²) in [4.78, 5) is 11.0. The van der Waals surface area contributed by atoms with E-state index in [1.807, 2.05) is 19.9 Å². The van der Waals surface area contributed by atoms with E-state index in [2.05, 4.69) is 20.2 Å². The van der Waals surface area contributed by atoms with Gasteiger partial charge >= 0.3 is 0 Å². The Bertz CT molecular complexity index is 379. The van der Waals surface area contributed by atoms with Crippen molar-refractivity contribution < 1.29 is 5.11 Å². The molecule has 94 valence electrons. The zero-order chi connectivity index (χ0) is 12.3. The summed E-state index contributed by atoms with van der Waals surface area (Å²) >= 11 is 0. The molecular formula is C12H20N4O. The number of aryl methyl sites for hydroxylation is 1. The third-order valence-corrected chi connectivity index (χ3v) is 2.80. The first-order valence-electron chi connectivity index (χ1n) is 6.21. The molecule has 0 aliphatic heterocycles. The van der Waals surface area contributed by atoms with Crippen molar-refractivity contribution in [2.24, 2.45) is 0 Å². The van der Waals surface area contributed by atoms with Crippen molar-refractivity contribution in [3.8, 4) is 0 Å². The van der Waals surface area contributed by atoms with E-state index < -0.39 is 0 Å². The van der Waals surface area contributed by atoms with Gasteiger partial charge in [0.05, 0.1) is 6.61 Å². The van der Waals surface area contributed by atoms with Gasteiger partial charge < -0.3 is 15.3 Å². The fourth-order valence-electron chi connectivity index (χ4n) is 1.91. The first-order chi connectivity index (χ1) is 8.24. The minimum absolute atomic E-state index is 0.163. The molecule has 5 heteroatoms. The summed E-state index contributed by atoms with van der Waals surface area (Å²) < 4.78 is 0. The number of hydrogen-bond donors (Lipinski definition) is 2. The fourth-order valence-corrected chi connectivity index (χ4v) is 1.91. The lowest BCUT2D eigenvalue weighted by Gasteiger charge is -2.23. The zero-order valence-corrected chi connectivity index (χ0v) is 10.5. The van der Waals surface area contributed by atoms with Crippen LogP contribution in [0.5, 0.6) is 0 Å². The van der Waals surface area contributed by atoms with Gasteiger partial charge in [0.15, 0.2) is 0 Å². The second-order valence-corrected chi connectivity index (χ2v) is 4.37. The molecule has 1 aromatic rings. The van der Waals surface area contributed by atoms with Crippen molar-refractivity contribution >= 4 is 11.8 Å². The first kappa shape index (κ1) is 12.1. The highest BCUT2D eigenvalue weighted by molar-refractivity contribution is 5.46. The number of rotatable bonds is 6. The molecule has 1 saturated carbocycles. The third-order valence-electron chi connectivity index (χ3n) is 2.80. The molecular weight excluding hydrogens is 216 g/mol. The van der Waals surface area contributed by atoms with E-state index in [9.17, 15) is 0 Å². The van der Waals surface area contributed by atoms with E-state index in [0.29, 0.717) is 18.5 Å². The number of nitrogens with zero attached hydrogens (tertiary/aromatic N) is 3. The predicted molar refractivity (Wildman–Crippen MR) is 68.4 cm³/mol. The molecule has 1 aliphatic carbocycles. The van der Waals surface area contributed by atoms with Crippen molar-refractivity contribution in [1.82, 2.24) is 9.97 Å². The fraction of sp³-hybridized carbons (Fsp3) is 0.667. The van der Waals surface area contributed by atoms with E-state index >= 15 is 0 Å². The molecule has 0 saturated heterocycles. The Morgan fingerprint density at radius 3 is 2.82 bits per heavy atom. The molecule has 0 aromatic carbocycles. The molecule has 17 heavy (non-hydrogen) atoms. The lowest BCUT2D eigenvalue weighted by molar-refractivity contribution is 0.301. The molecule has 0 amide bonds. The Morgan fingerprint density at radius 2 is 2.24 bits per heavy atom. The van der Waals surface area contributed by atoms with Gasteiger partial charge in [-0.2, -0.15) is 4.98 Å². The molecule has 5 nitrogen and oxygen atoms in total. The molecule has 0 bridgehead atoms. The highest BCUT2D eigenvalue weighted by Gasteiger charge is 2.29. The van der Waals surface area contributed by atoms with Crippen molar-refractivity contribution in [2.75, 3.05) is 29.9 Å². The van der Waals surface area contributed by atoms with Crippen LogP contribution in [0.3, 0.4) is 0 Å². The smallest absolute Gasteiger partial charge is 0.224 e. The van der Waals surface area contributed by atoms with Crippen LogP contribution in [0.15, 0.2) is 6.07 Å². The number of hydrogen-bond acceptors (Lipinski definition) is 5. The van der Waals surface area contributed by atoms with E-state index in [-0.39, 0.29) is 6.61 Å². The minimum Gasteiger partial charge on any atom is -0.395 e. The number of aliphatic hydroxyl groups excluding tert-OH is 1. The van der Waals surface area contributed by atoms with Crippen molar-refractivity contribution in [3.63, 3.8) is 0 Å². The van der Waals surface area contributed by atoms with Crippen LogP contribution in [-0.2, 0) is 0 Å². The van der Waals surface area contributed by atoms with Crippen molar-refractivity contribution in [1.29, 1.82) is 0 Å². The number of anilines is 2. The highest BCUT2D eigenvalue weighted by Crippen LogP contribution is 2.30. The van der Waals surface area contributed by atoms with Gasteiger partial charge in [0.25, 0.3) is 0 Å². The lowest BCUT2D eigenvalue weighted by atomic mass is 10.3. The second kappa shape index (κ2) is 5.31. The van der Waals surface area contributed by atoms with E-state index in [1.165, 1.54) is 12.8 Å². The Kier molecular flexibility index (Phi) is 3.78. The summed E-state index contributed by atoms with van der Waals surface area (Å²) in [5, 5.41) is 12.2. The molecule has 1 aliphatic rings. The van der Waals surface area contributed by atoms with Crippen LogP contribution in [0.4, 0.5) is 11.8 Å². The Morgan fingerprint density at radius 1 is 1.47 bits per heavy atom. The monoisotopic (exact) mass is 236 g/mol. The van der Waals surface area contributed by atoms with Crippen LogP contribution in [0.25, 0.3) is 0 Å². The van der Waals surface area contributed by atoms with Gasteiger partial charge in [-0.05, 0) is 26.7 Å². The van der Waals surface area contributed by atoms with Gasteiger partial charge in [-0.15, -0.1) is 0 Å². The highest BCUT2D eigenvalue weighted by atomic mass is 16.3. The summed E-state index contributed by atoms with van der Waals surface area (Å²) in [6.07, 6.45) is 2.39. The molecule has 1 aromatic heterocycles. The molecule has 0 atom stereocenters. The summed E-state index contributed by atoms with van der Waals surface area (Å²) in [7, 11) is 0. The normalized spacial score (nSPS) is 14.8. The SMILES string of the molecule is CCNc1nc(C)cc(N(CCO)C2CC2)n1. The molecule has 1 heterocycles. The number of aliphatic hydroxyl groups is 1. The lowest BCUT2D eigenvalue weighted by Crippen LogP contribution is -2.30. The van der Waals surface area contributed by atoms with Gasteiger partial charge in [-0.3, -0.25) is 0 Å². The maximum absolute atomic E-state index is 9.12. The van der Waals surface area contributed by atoms with Crippen molar-refractivity contribution in [2.45, 2.75) is 32.7 Å². The first-order valence-corrected chi connectivity index (χ1v) is 6.21. The largest absolute Gasteiger partial charge is 0.395 e. The zero-order valence-electron chi connectivity index (χ0n) is 10.5. The second-order valence-electron chi connectivity index (χ2n) is 4.37. The molecule has 0 unspecified atom stereocenters. The minimum atomic E-state index is 0.163. The van der Waals surface area contributed by atoms with E-state index in [4.69, 9.17) is 5.11 Å². The van der Waals surface area contributed by atoms with Crippen LogP contribution in [0, 0.1) is 6.92 Å². The predicted octanol–water partition coefficient (Wildman–Crippen LogP) is 1.18. The molecule has 0 spiro atoms. The van der Waals surface area contributed by atoms with Gasteiger partial charge in [-0.25, -0.2) is 4.98 Å². The quantitative estimate of drug-likeness (QED) is 0.776. The molecule has 1 fully saturated rings. The topological polar surface area (TPSA) is 61.3 Å². The van der Waals surface area contributed by atoms with Crippen LogP contribution < -0.4 is 10.2 Å². The number of nitrogens with one attached hydrogen (secondary N) is 1. The standard InChI is InChI=1S/C12H20N4O/c1-3-13-12-14-9(2)8-11(15-12)16(6-7-17)10-4-5-10/h8,10,17H,3-7H2,1-2H3,(H,13,14,15). The van der Waals surface area contributed by atoms with Gasteiger partial charge in [-0.1, -0.05) is 0 Å². The van der Waals surface area contributed by atoms with Crippen LogP contribution in [-0.4, -0.2) is 40.8 Å². The average Bonchev–Trinajstić information content (AvgIpc) is 3.09. The van der Waals surface area contributed by atoms with E-state index in [0.717, 1.165) is 18.1 Å². The van der Waals surface area contributed by atoms with Crippen LogP contribution in [0.2, 0.25) is 0 Å². The Balaban J connectivity index is 2.22. The summed E-state index contributed by atoms with van der Waals surface area (Å²) in [6, 6.07) is 2.53. The maximum Gasteiger partial charge on any atom is 0.224 e. The van der Waals surface area contributed by atoms with Crippen LogP contribution >= 0.6 is 0 Å². The van der Waals surface area contributed by atoms with Gasteiger partial charge in [0.1, 0.15) is 5.82 Å². The van der Waals surface area contributed by atoms with Crippen molar-refractivity contribution in [3.05, 3.63) is 11.8 Å². The Labute approximate surface area is 102 Å². The maximum atomic E-state index is 9.12. The van der Waals surface area contributed by atoms with Gasteiger partial charge in [0.2, 0.25) is 5.95 Å². The van der Waals surface area contributed by atoms with E-state index in [1.54, 1.807) is 0 Å². The third kappa shape index (κ3) is 3.06. The molecule has 0 radical (unpaired) electrons. The Hall–Kier alpha value is -1.36.